The summed E-state index contributed by atoms with van der Waals surface area (Å²) in [6, 6.07) is 23.9. The number of methoxy groups -OCH3 is 1. The largest absolute Gasteiger partial charge is 0.497 e. The van der Waals surface area contributed by atoms with Gasteiger partial charge < -0.3 is 19.7 Å². The van der Waals surface area contributed by atoms with Crippen LogP contribution in [0, 0.1) is 6.92 Å². The van der Waals surface area contributed by atoms with Gasteiger partial charge in [0.1, 0.15) is 11.5 Å². The van der Waals surface area contributed by atoms with Crippen molar-refractivity contribution in [1.82, 2.24) is 9.88 Å². The molecule has 1 aliphatic rings. The van der Waals surface area contributed by atoms with Gasteiger partial charge in [-0.05, 0) is 85.1 Å². The van der Waals surface area contributed by atoms with Gasteiger partial charge in [0.05, 0.1) is 19.9 Å². The standard InChI is InChI=1S/C33H36N4O3/c1-4-40-31-20-27(21-34-22-31)32-14-5-25(19-24(32)2)23-36-15-17-37(18-16-36)29-10-6-26(7-11-29)33(38)35-28-8-12-30(39-3)13-9-28/h5-14,19-22H,4,15-18,23H2,1-3H3,(H,35,38). The normalized spacial score (nSPS) is 13.6. The van der Waals surface area contributed by atoms with E-state index in [9.17, 15) is 4.79 Å². The second-order valence-electron chi connectivity index (χ2n) is 9.98. The van der Waals surface area contributed by atoms with Crippen molar-refractivity contribution in [1.29, 1.82) is 0 Å². The molecule has 1 aliphatic heterocycles. The predicted octanol–water partition coefficient (Wildman–Crippen LogP) is 6.04. The minimum Gasteiger partial charge on any atom is -0.497 e. The maximum atomic E-state index is 12.7. The number of ether oxygens (including phenoxy) is 2. The number of benzene rings is 3. The number of rotatable bonds is 9. The molecule has 0 spiro atoms. The van der Waals surface area contributed by atoms with Crippen LogP contribution in [0.2, 0.25) is 0 Å². The number of aromatic nitrogens is 1. The van der Waals surface area contributed by atoms with Crippen LogP contribution in [-0.2, 0) is 6.54 Å². The van der Waals surface area contributed by atoms with Gasteiger partial charge in [-0.25, -0.2) is 0 Å². The van der Waals surface area contributed by atoms with Crippen molar-refractivity contribution in [3.8, 4) is 22.6 Å². The molecule has 3 aromatic carbocycles. The van der Waals surface area contributed by atoms with Gasteiger partial charge in [-0.15, -0.1) is 0 Å². The average Bonchev–Trinajstić information content (AvgIpc) is 2.98. The summed E-state index contributed by atoms with van der Waals surface area (Å²) in [5.41, 5.74) is 7.33. The maximum absolute atomic E-state index is 12.7. The van der Waals surface area contributed by atoms with E-state index in [4.69, 9.17) is 9.47 Å². The Morgan fingerprint density at radius 2 is 1.65 bits per heavy atom. The first kappa shape index (κ1) is 27.2. The Balaban J connectivity index is 1.14. The first-order chi connectivity index (χ1) is 19.5. The summed E-state index contributed by atoms with van der Waals surface area (Å²) in [5, 5.41) is 2.94. The summed E-state index contributed by atoms with van der Waals surface area (Å²) < 4.78 is 10.8. The monoisotopic (exact) mass is 536 g/mol. The van der Waals surface area contributed by atoms with Crippen LogP contribution in [0.25, 0.3) is 11.1 Å². The molecule has 7 nitrogen and oxygen atoms in total. The van der Waals surface area contributed by atoms with Crippen molar-refractivity contribution in [2.75, 3.05) is 50.1 Å². The van der Waals surface area contributed by atoms with Crippen LogP contribution in [0.5, 0.6) is 11.5 Å². The molecule has 0 unspecified atom stereocenters. The Morgan fingerprint density at radius 1 is 0.900 bits per heavy atom. The molecule has 1 saturated heterocycles. The molecule has 2 heterocycles. The van der Waals surface area contributed by atoms with Gasteiger partial charge in [0.15, 0.2) is 0 Å². The Kier molecular flexibility index (Phi) is 8.62. The third-order valence-corrected chi connectivity index (χ3v) is 7.25. The fourth-order valence-corrected chi connectivity index (χ4v) is 5.08. The topological polar surface area (TPSA) is 66.9 Å². The van der Waals surface area contributed by atoms with Gasteiger partial charge in [-0.3, -0.25) is 14.7 Å². The highest BCUT2D eigenvalue weighted by atomic mass is 16.5. The molecule has 5 rings (SSSR count). The van der Waals surface area contributed by atoms with Gasteiger partial charge in [0, 0.05) is 61.4 Å². The third-order valence-electron chi connectivity index (χ3n) is 7.25. The molecular formula is C33H36N4O3. The molecule has 1 fully saturated rings. The number of anilines is 2. The molecule has 0 bridgehead atoms. The summed E-state index contributed by atoms with van der Waals surface area (Å²) in [7, 11) is 1.62. The van der Waals surface area contributed by atoms with Crippen LogP contribution in [0.15, 0.2) is 85.2 Å². The molecule has 40 heavy (non-hydrogen) atoms. The van der Waals surface area contributed by atoms with Gasteiger partial charge in [-0.2, -0.15) is 0 Å². The van der Waals surface area contributed by atoms with E-state index < -0.39 is 0 Å². The Hall–Kier alpha value is -4.36. The van der Waals surface area contributed by atoms with Gasteiger partial charge >= 0.3 is 0 Å². The number of carbonyl (C=O) groups is 1. The maximum Gasteiger partial charge on any atom is 0.255 e. The van der Waals surface area contributed by atoms with Crippen molar-refractivity contribution in [3.05, 3.63) is 102 Å². The van der Waals surface area contributed by atoms with E-state index in [1.165, 1.54) is 16.7 Å². The number of hydrogen-bond acceptors (Lipinski definition) is 6. The first-order valence-electron chi connectivity index (χ1n) is 13.7. The van der Waals surface area contributed by atoms with Crippen molar-refractivity contribution in [2.45, 2.75) is 20.4 Å². The zero-order valence-electron chi connectivity index (χ0n) is 23.4. The van der Waals surface area contributed by atoms with Crippen LogP contribution >= 0.6 is 0 Å². The molecule has 206 valence electrons. The van der Waals surface area contributed by atoms with Crippen LogP contribution in [0.1, 0.15) is 28.4 Å². The summed E-state index contributed by atoms with van der Waals surface area (Å²) in [4.78, 5) is 21.9. The average molecular weight is 537 g/mol. The van der Waals surface area contributed by atoms with Gasteiger partial charge in [0.25, 0.3) is 5.91 Å². The van der Waals surface area contributed by atoms with Gasteiger partial charge in [0.2, 0.25) is 0 Å². The predicted molar refractivity (Wildman–Crippen MR) is 160 cm³/mol. The molecule has 0 saturated carbocycles. The highest BCUT2D eigenvalue weighted by molar-refractivity contribution is 6.04. The number of hydrogen-bond donors (Lipinski definition) is 1. The minimum atomic E-state index is -0.124. The number of nitrogens with one attached hydrogen (secondary N) is 1. The highest BCUT2D eigenvalue weighted by Gasteiger charge is 2.18. The third kappa shape index (κ3) is 6.61. The Morgan fingerprint density at radius 3 is 2.33 bits per heavy atom. The van der Waals surface area contributed by atoms with E-state index >= 15 is 0 Å². The molecule has 7 heteroatoms. The second-order valence-corrected chi connectivity index (χ2v) is 9.98. The van der Waals surface area contributed by atoms with Crippen LogP contribution < -0.4 is 19.7 Å². The van der Waals surface area contributed by atoms with Crippen molar-refractivity contribution >= 4 is 17.3 Å². The summed E-state index contributed by atoms with van der Waals surface area (Å²) in [6.07, 6.45) is 3.65. The molecule has 0 aliphatic carbocycles. The molecule has 0 radical (unpaired) electrons. The highest BCUT2D eigenvalue weighted by Crippen LogP contribution is 2.27. The molecule has 0 atom stereocenters. The Bertz CT molecular complexity index is 1430. The van der Waals surface area contributed by atoms with Crippen molar-refractivity contribution in [2.24, 2.45) is 0 Å². The number of aryl methyl sites for hydroxylation is 1. The van der Waals surface area contributed by atoms with E-state index in [-0.39, 0.29) is 5.91 Å². The molecule has 1 aromatic heterocycles. The smallest absolute Gasteiger partial charge is 0.255 e. The molecule has 4 aromatic rings. The summed E-state index contributed by atoms with van der Waals surface area (Å²) in [6.45, 7) is 9.57. The lowest BCUT2D eigenvalue weighted by molar-refractivity contribution is 0.102. The van der Waals surface area contributed by atoms with Crippen LogP contribution in [-0.4, -0.2) is 55.7 Å². The van der Waals surface area contributed by atoms with Crippen molar-refractivity contribution < 1.29 is 14.3 Å². The number of piperazine rings is 1. The quantitative estimate of drug-likeness (QED) is 0.281. The molecule has 1 amide bonds. The summed E-state index contributed by atoms with van der Waals surface area (Å²) >= 11 is 0. The summed E-state index contributed by atoms with van der Waals surface area (Å²) in [5.74, 6) is 1.43. The zero-order chi connectivity index (χ0) is 27.9. The minimum absolute atomic E-state index is 0.124. The van der Waals surface area contributed by atoms with E-state index in [1.807, 2.05) is 61.7 Å². The fourth-order valence-electron chi connectivity index (χ4n) is 5.08. The Labute approximate surface area is 236 Å². The zero-order valence-corrected chi connectivity index (χ0v) is 23.4. The lowest BCUT2D eigenvalue weighted by Gasteiger charge is -2.36. The second kappa shape index (κ2) is 12.7. The number of carbonyl (C=O) groups excluding carboxylic acids is 1. The SMILES string of the molecule is CCOc1cncc(-c2ccc(CN3CCN(c4ccc(C(=O)Nc5ccc(OC)cc5)cc4)CC3)cc2C)c1. The van der Waals surface area contributed by atoms with E-state index in [2.05, 4.69) is 51.3 Å². The lowest BCUT2D eigenvalue weighted by Crippen LogP contribution is -2.46. The van der Waals surface area contributed by atoms with Crippen LogP contribution in [0.4, 0.5) is 11.4 Å². The van der Waals surface area contributed by atoms with Crippen LogP contribution in [0.3, 0.4) is 0 Å². The van der Waals surface area contributed by atoms with Gasteiger partial charge in [-0.1, -0.05) is 18.2 Å². The molecular weight excluding hydrogens is 500 g/mol. The number of amides is 1. The van der Waals surface area contributed by atoms with E-state index in [0.29, 0.717) is 12.2 Å². The molecule has 1 N–H and O–H groups in total. The number of pyridine rings is 1. The fraction of sp³-hybridized carbons (Fsp3) is 0.273. The number of nitrogens with zero attached hydrogens (tertiary/aromatic N) is 3. The van der Waals surface area contributed by atoms with Crippen molar-refractivity contribution in [3.63, 3.8) is 0 Å². The van der Waals surface area contributed by atoms with E-state index in [0.717, 1.165) is 61.2 Å². The first-order valence-corrected chi connectivity index (χ1v) is 13.7. The lowest BCUT2D eigenvalue weighted by atomic mass is 9.99. The van der Waals surface area contributed by atoms with E-state index in [1.54, 1.807) is 13.3 Å².